The smallest absolute Gasteiger partial charge is 0.326 e. The second-order valence-electron chi connectivity index (χ2n) is 20.5. The number of carbonyl (C=O) groups is 10. The first-order valence-electron chi connectivity index (χ1n) is 24.3. The van der Waals surface area contributed by atoms with Crippen molar-refractivity contribution in [3.8, 4) is 0 Å². The molecular weight excluding hydrogens is 891 g/mol. The minimum absolute atomic E-state index is 0.0122. The fourth-order valence-corrected chi connectivity index (χ4v) is 8.34. The van der Waals surface area contributed by atoms with Gasteiger partial charge in [0.1, 0.15) is 36.3 Å². The quantitative estimate of drug-likeness (QED) is 0.248. The molecule has 3 unspecified atom stereocenters. The summed E-state index contributed by atoms with van der Waals surface area (Å²) in [5.74, 6) is -5.90. The number of urea groups is 3. The second-order valence-corrected chi connectivity index (χ2v) is 20.5. The van der Waals surface area contributed by atoms with E-state index in [4.69, 9.17) is 0 Å². The Morgan fingerprint density at radius 1 is 0.464 bits per heavy atom. The number of carbonyl (C=O) groups excluding carboxylic acids is 10. The Labute approximate surface area is 411 Å². The number of imide groups is 3. The average Bonchev–Trinajstić information content (AvgIpc) is 3.27. The van der Waals surface area contributed by atoms with E-state index < -0.39 is 120 Å². The molecule has 0 saturated carbocycles. The first-order valence-corrected chi connectivity index (χ1v) is 24.3. The summed E-state index contributed by atoms with van der Waals surface area (Å²) in [7, 11) is 9.48. The van der Waals surface area contributed by atoms with Crippen molar-refractivity contribution in [1.82, 2.24) is 55.6 Å². The largest absolute Gasteiger partial charge is 0.342 e. The van der Waals surface area contributed by atoms with Crippen LogP contribution in [0.4, 0.5) is 14.4 Å². The zero-order chi connectivity index (χ0) is 53.7. The van der Waals surface area contributed by atoms with Gasteiger partial charge in [-0.05, 0) is 68.6 Å². The predicted molar refractivity (Wildman–Crippen MR) is 263 cm³/mol. The van der Waals surface area contributed by atoms with E-state index in [0.717, 1.165) is 19.6 Å². The summed E-state index contributed by atoms with van der Waals surface area (Å²) < 4.78 is 0. The van der Waals surface area contributed by atoms with Gasteiger partial charge in [-0.2, -0.15) is 0 Å². The first kappa shape index (κ1) is 61.7. The van der Waals surface area contributed by atoms with Crippen LogP contribution in [0.15, 0.2) is 0 Å². The Hall–Kier alpha value is -5.34. The molecule has 1 fully saturated rings. The molecule has 0 radical (unpaired) electrons. The number of amides is 13. The Morgan fingerprint density at radius 2 is 0.971 bits per heavy atom. The molecule has 394 valence electrons. The van der Waals surface area contributed by atoms with Crippen LogP contribution in [-0.2, 0) is 33.6 Å². The minimum atomic E-state index is -1.28. The van der Waals surface area contributed by atoms with Crippen LogP contribution < -0.4 is 21.3 Å². The van der Waals surface area contributed by atoms with Crippen LogP contribution in [0.2, 0.25) is 0 Å². The lowest BCUT2D eigenvalue weighted by Crippen LogP contribution is -2.62. The van der Waals surface area contributed by atoms with Gasteiger partial charge < -0.3 is 35.1 Å². The summed E-state index contributed by atoms with van der Waals surface area (Å²) in [6.45, 7) is 23.0. The number of likely N-dealkylation sites (N-methyl/N-ethyl adjacent to an activating group) is 7. The van der Waals surface area contributed by atoms with Crippen molar-refractivity contribution in [2.24, 2.45) is 29.6 Å². The van der Waals surface area contributed by atoms with Crippen molar-refractivity contribution >= 4 is 59.4 Å². The van der Waals surface area contributed by atoms with Crippen LogP contribution in [0.25, 0.3) is 0 Å². The van der Waals surface area contributed by atoms with Crippen molar-refractivity contribution in [2.45, 2.75) is 171 Å². The molecule has 8 atom stereocenters. The summed E-state index contributed by atoms with van der Waals surface area (Å²) in [4.78, 5) is 149. The van der Waals surface area contributed by atoms with Crippen LogP contribution in [0.3, 0.4) is 0 Å². The Bertz CT molecular complexity index is 1840. The minimum Gasteiger partial charge on any atom is -0.342 e. The molecule has 1 rings (SSSR count). The molecule has 13 amide bonds. The summed E-state index contributed by atoms with van der Waals surface area (Å²) in [6, 6.07) is -10.8. The second kappa shape index (κ2) is 27.2. The number of hydrogen-bond donors (Lipinski definition) is 4. The molecule has 0 aliphatic carbocycles. The molecule has 1 saturated heterocycles. The summed E-state index contributed by atoms with van der Waals surface area (Å²) in [6.07, 6.45) is 0.110. The Balaban J connectivity index is 4.06. The molecule has 0 spiro atoms. The van der Waals surface area contributed by atoms with E-state index >= 15 is 0 Å². The van der Waals surface area contributed by atoms with Crippen molar-refractivity contribution in [3.05, 3.63) is 0 Å². The van der Waals surface area contributed by atoms with Crippen LogP contribution >= 0.6 is 0 Å². The predicted octanol–water partition coefficient (Wildman–Crippen LogP) is 3.12. The Kier molecular flexibility index (Phi) is 24.3. The van der Waals surface area contributed by atoms with E-state index in [1.165, 1.54) is 63.9 Å². The topological polar surface area (TPSA) is 242 Å². The van der Waals surface area contributed by atoms with Crippen LogP contribution in [-0.4, -0.2) is 192 Å². The van der Waals surface area contributed by atoms with E-state index in [-0.39, 0.29) is 43.4 Å². The molecule has 0 aromatic rings. The third-order valence-corrected chi connectivity index (χ3v) is 12.7. The van der Waals surface area contributed by atoms with Gasteiger partial charge in [0.15, 0.2) is 0 Å². The van der Waals surface area contributed by atoms with Gasteiger partial charge in [0, 0.05) is 49.3 Å². The molecule has 0 aromatic heterocycles. The standard InChI is InChI=1S/C48H87N11O10/c1-21-32-41(62)53(14)33(22-2)42(63)54(15)34(23-26(3)4)40(61)51-37(29(9)10)44(65)56(17)36(25-28(7)8)49-31(13)39(60)52-47(68)55(16)35(24-27(5)6)43(64)59(20)48(69)57(18)38(30(11)12)45(66)58(19)46(67)50-32/h26-38,49H,21-25H2,1-20H3,(H,50,67)(H,51,61)(H,52,60,68)/t31-,32?,33-,34+,35-,36-,37?,38?/m1/s1. The summed E-state index contributed by atoms with van der Waals surface area (Å²) in [5.41, 5.74) is 0. The highest BCUT2D eigenvalue weighted by Crippen LogP contribution is 2.21. The molecule has 1 aliphatic heterocycles. The lowest BCUT2D eigenvalue weighted by atomic mass is 9.97. The van der Waals surface area contributed by atoms with Gasteiger partial charge in [0.2, 0.25) is 29.5 Å². The van der Waals surface area contributed by atoms with Gasteiger partial charge in [0.05, 0.1) is 12.2 Å². The third-order valence-electron chi connectivity index (χ3n) is 12.7. The monoisotopic (exact) mass is 978 g/mol. The van der Waals surface area contributed by atoms with Gasteiger partial charge in [-0.3, -0.25) is 54.0 Å². The fraction of sp³-hybridized carbons (Fsp3) is 0.792. The highest BCUT2D eigenvalue weighted by Gasteiger charge is 2.42. The molecular formula is C48H87N11O10. The number of rotatable bonds is 10. The maximum atomic E-state index is 14.5. The SMILES string of the molecule is CCC1NC(=O)N(C)C(=O)C(C(C)C)N(C)C(=O)N(C)C(=O)[C@@H](CC(C)C)N(C)C(=O)NC(=O)[C@@H](C)N[C@@H](CC(C)C)N(C)C(=O)C(C(C)C)NC(=O)[C@H](CC(C)C)N(C)C(=O)[C@@H](CC)N(C)C1=O. The van der Waals surface area contributed by atoms with Gasteiger partial charge in [-0.1, -0.05) is 83.1 Å². The van der Waals surface area contributed by atoms with Crippen molar-refractivity contribution in [2.75, 3.05) is 49.3 Å². The van der Waals surface area contributed by atoms with Gasteiger partial charge in [-0.15, -0.1) is 0 Å². The van der Waals surface area contributed by atoms with E-state index in [1.54, 1.807) is 48.6 Å². The molecule has 21 heteroatoms. The molecule has 4 N–H and O–H groups in total. The van der Waals surface area contributed by atoms with Crippen molar-refractivity contribution in [1.29, 1.82) is 0 Å². The maximum Gasteiger partial charge on any atom is 0.326 e. The summed E-state index contributed by atoms with van der Waals surface area (Å²) in [5, 5.41) is 11.0. The first-order chi connectivity index (χ1) is 31.8. The van der Waals surface area contributed by atoms with E-state index in [0.29, 0.717) is 6.42 Å². The van der Waals surface area contributed by atoms with E-state index in [2.05, 4.69) is 21.3 Å². The molecule has 1 aliphatic rings. The molecule has 0 aromatic carbocycles. The zero-order valence-electron chi connectivity index (χ0n) is 45.3. The molecule has 69 heavy (non-hydrogen) atoms. The third kappa shape index (κ3) is 16.4. The van der Waals surface area contributed by atoms with E-state index in [9.17, 15) is 47.9 Å². The van der Waals surface area contributed by atoms with Crippen LogP contribution in [0, 0.1) is 29.6 Å². The lowest BCUT2D eigenvalue weighted by molar-refractivity contribution is -0.149. The number of hydrogen-bond acceptors (Lipinski definition) is 11. The number of nitrogens with zero attached hydrogens (tertiary/aromatic N) is 7. The Morgan fingerprint density at radius 3 is 1.43 bits per heavy atom. The maximum absolute atomic E-state index is 14.5. The van der Waals surface area contributed by atoms with Gasteiger partial charge >= 0.3 is 18.1 Å². The zero-order valence-corrected chi connectivity index (χ0v) is 45.3. The van der Waals surface area contributed by atoms with Gasteiger partial charge in [0.25, 0.3) is 11.8 Å². The highest BCUT2D eigenvalue weighted by molar-refractivity contribution is 6.04. The fourth-order valence-electron chi connectivity index (χ4n) is 8.34. The van der Waals surface area contributed by atoms with Crippen molar-refractivity contribution < 1.29 is 47.9 Å². The highest BCUT2D eigenvalue weighted by atomic mass is 16.2. The molecule has 0 bridgehead atoms. The van der Waals surface area contributed by atoms with E-state index in [1.807, 2.05) is 41.5 Å². The summed E-state index contributed by atoms with van der Waals surface area (Å²) >= 11 is 0. The van der Waals surface area contributed by atoms with Crippen LogP contribution in [0.5, 0.6) is 0 Å². The van der Waals surface area contributed by atoms with Gasteiger partial charge in [-0.25, -0.2) is 14.4 Å². The number of nitrogens with one attached hydrogen (secondary N) is 4. The molecule has 1 heterocycles. The van der Waals surface area contributed by atoms with Crippen molar-refractivity contribution in [3.63, 3.8) is 0 Å². The lowest BCUT2D eigenvalue weighted by Gasteiger charge is -2.38. The average molecular weight is 978 g/mol. The normalized spacial score (nSPS) is 26.4. The molecule has 21 nitrogen and oxygen atoms in total. The van der Waals surface area contributed by atoms with Crippen LogP contribution in [0.1, 0.15) is 122 Å².